The molecule has 0 saturated carbocycles. The summed E-state index contributed by atoms with van der Waals surface area (Å²) in [4.78, 5) is 32.2. The van der Waals surface area contributed by atoms with E-state index in [1.165, 1.54) is 10.6 Å². The van der Waals surface area contributed by atoms with E-state index >= 15 is 0 Å². The molecule has 0 fully saturated rings. The van der Waals surface area contributed by atoms with Crippen LogP contribution >= 0.6 is 0 Å². The Balaban J connectivity index is 1.79. The Morgan fingerprint density at radius 1 is 1.13 bits per heavy atom. The van der Waals surface area contributed by atoms with Gasteiger partial charge in [-0.15, -0.1) is 0 Å². The highest BCUT2D eigenvalue weighted by molar-refractivity contribution is 5.73. The maximum Gasteiger partial charge on any atom is 0.328 e. The van der Waals surface area contributed by atoms with Crippen LogP contribution in [0.25, 0.3) is 16.9 Å². The van der Waals surface area contributed by atoms with Crippen LogP contribution in [0.2, 0.25) is 0 Å². The van der Waals surface area contributed by atoms with Gasteiger partial charge in [0.25, 0.3) is 5.56 Å². The monoisotopic (exact) mass is 406 g/mol. The number of ether oxygens (including phenoxy) is 2. The quantitative estimate of drug-likeness (QED) is 0.532. The molecule has 0 unspecified atom stereocenters. The van der Waals surface area contributed by atoms with Crippen LogP contribution in [0.5, 0.6) is 11.5 Å². The Morgan fingerprint density at radius 3 is 2.70 bits per heavy atom. The molecule has 154 valence electrons. The number of aromatic nitrogens is 4. The van der Waals surface area contributed by atoms with Gasteiger partial charge in [0.2, 0.25) is 0 Å². The van der Waals surface area contributed by atoms with Gasteiger partial charge in [-0.05, 0) is 43.7 Å². The highest BCUT2D eigenvalue weighted by atomic mass is 16.5. The normalized spacial score (nSPS) is 12.1. The van der Waals surface area contributed by atoms with Gasteiger partial charge in [0.15, 0.2) is 17.1 Å². The lowest BCUT2D eigenvalue weighted by molar-refractivity contribution is 0.310. The van der Waals surface area contributed by atoms with Gasteiger partial charge in [-0.1, -0.05) is 12.1 Å². The van der Waals surface area contributed by atoms with Crippen LogP contribution in [0.3, 0.4) is 0 Å². The summed E-state index contributed by atoms with van der Waals surface area (Å²) in [6, 6.07) is 12.0. The predicted octanol–water partition coefficient (Wildman–Crippen LogP) is 2.89. The fourth-order valence-electron chi connectivity index (χ4n) is 3.50. The number of hydrogen-bond acceptors (Lipinski definition) is 5. The smallest absolute Gasteiger partial charge is 0.328 e. The van der Waals surface area contributed by atoms with E-state index in [9.17, 15) is 9.59 Å². The van der Waals surface area contributed by atoms with E-state index in [2.05, 4.69) is 9.97 Å². The molecule has 3 heterocycles. The van der Waals surface area contributed by atoms with Crippen LogP contribution in [0.1, 0.15) is 25.5 Å². The number of imidazole rings is 1. The fourth-order valence-corrected chi connectivity index (χ4v) is 3.50. The van der Waals surface area contributed by atoms with Crippen LogP contribution < -0.4 is 20.7 Å². The minimum absolute atomic E-state index is 0.171. The highest BCUT2D eigenvalue weighted by Crippen LogP contribution is 2.31. The average Bonchev–Trinajstić information content (AvgIpc) is 3.08. The molecular formula is C22H22N4O4. The van der Waals surface area contributed by atoms with Crippen molar-refractivity contribution in [3.05, 3.63) is 81.3 Å². The molecule has 1 aromatic carbocycles. The first-order chi connectivity index (χ1) is 14.5. The number of fused-ring (bicyclic) bond motifs is 1. The van der Waals surface area contributed by atoms with Gasteiger partial charge in [-0.3, -0.25) is 13.9 Å². The number of H-pyrrole nitrogens is 1. The van der Waals surface area contributed by atoms with Crippen molar-refractivity contribution < 1.29 is 9.47 Å². The molecule has 0 bridgehead atoms. The lowest BCUT2D eigenvalue weighted by atomic mass is 10.1. The number of hydrogen-bond donors (Lipinski definition) is 1. The van der Waals surface area contributed by atoms with Gasteiger partial charge in [-0.2, -0.15) is 0 Å². The van der Waals surface area contributed by atoms with Crippen LogP contribution in [-0.4, -0.2) is 32.8 Å². The van der Waals surface area contributed by atoms with Gasteiger partial charge in [0.05, 0.1) is 37.2 Å². The van der Waals surface area contributed by atoms with E-state index < -0.39 is 0 Å². The van der Waals surface area contributed by atoms with Crippen molar-refractivity contribution in [2.75, 3.05) is 13.7 Å². The van der Waals surface area contributed by atoms with Gasteiger partial charge < -0.3 is 14.5 Å². The van der Waals surface area contributed by atoms with E-state index in [1.54, 1.807) is 42.3 Å². The number of methoxy groups -OCH3 is 1. The van der Waals surface area contributed by atoms with Gasteiger partial charge in [0, 0.05) is 12.3 Å². The van der Waals surface area contributed by atoms with E-state index in [1.807, 2.05) is 32.0 Å². The summed E-state index contributed by atoms with van der Waals surface area (Å²) in [5.41, 5.74) is 2.07. The first-order valence-corrected chi connectivity index (χ1v) is 9.62. The molecule has 0 aliphatic carbocycles. The molecule has 0 amide bonds. The molecule has 0 aliphatic rings. The molecular weight excluding hydrogens is 384 g/mol. The lowest BCUT2D eigenvalue weighted by Gasteiger charge is -2.17. The van der Waals surface area contributed by atoms with Crippen molar-refractivity contribution >= 4 is 11.2 Å². The largest absolute Gasteiger partial charge is 0.493 e. The number of pyridine rings is 2. The second kappa shape index (κ2) is 7.90. The molecule has 1 N–H and O–H groups in total. The Hall–Kier alpha value is -3.81. The minimum atomic E-state index is -0.297. The van der Waals surface area contributed by atoms with E-state index in [0.29, 0.717) is 35.0 Å². The van der Waals surface area contributed by atoms with Crippen molar-refractivity contribution in [1.29, 1.82) is 0 Å². The van der Waals surface area contributed by atoms with Gasteiger partial charge in [-0.25, -0.2) is 9.78 Å². The second-order valence-corrected chi connectivity index (χ2v) is 6.79. The highest BCUT2D eigenvalue weighted by Gasteiger charge is 2.18. The fraction of sp³-hybridized carbons (Fsp3) is 0.227. The minimum Gasteiger partial charge on any atom is -0.493 e. The summed E-state index contributed by atoms with van der Waals surface area (Å²) < 4.78 is 14.1. The van der Waals surface area contributed by atoms with Crippen LogP contribution in [-0.2, 0) is 0 Å². The van der Waals surface area contributed by atoms with Gasteiger partial charge >= 0.3 is 5.69 Å². The first-order valence-electron chi connectivity index (χ1n) is 9.62. The molecule has 0 spiro atoms. The molecule has 8 nitrogen and oxygen atoms in total. The van der Waals surface area contributed by atoms with Crippen LogP contribution in [0.4, 0.5) is 0 Å². The van der Waals surface area contributed by atoms with E-state index in [-0.39, 0.29) is 17.3 Å². The number of aromatic amines is 1. The second-order valence-electron chi connectivity index (χ2n) is 6.79. The third-order valence-electron chi connectivity index (χ3n) is 5.00. The number of benzene rings is 1. The summed E-state index contributed by atoms with van der Waals surface area (Å²) in [6.07, 6.45) is 3.25. The van der Waals surface area contributed by atoms with Gasteiger partial charge in [0.1, 0.15) is 0 Å². The molecule has 4 rings (SSSR count). The Kier molecular flexibility index (Phi) is 5.14. The average molecular weight is 406 g/mol. The number of nitrogens with zero attached hydrogens (tertiary/aromatic N) is 3. The van der Waals surface area contributed by atoms with Crippen molar-refractivity contribution in [3.63, 3.8) is 0 Å². The third kappa shape index (κ3) is 3.36. The molecule has 30 heavy (non-hydrogen) atoms. The lowest BCUT2D eigenvalue weighted by Crippen LogP contribution is -2.21. The van der Waals surface area contributed by atoms with Crippen LogP contribution in [0.15, 0.2) is 64.4 Å². The number of rotatable bonds is 6. The molecule has 4 aromatic rings. The summed E-state index contributed by atoms with van der Waals surface area (Å²) in [6.45, 7) is 4.33. The van der Waals surface area contributed by atoms with E-state index in [4.69, 9.17) is 9.47 Å². The standard InChI is InChI=1S/C22H22N4O4/c1-4-30-19-11-15(8-9-18(19)29-3)14(2)26-21-17(24-22(26)28)12-16(13-23-21)25-10-6-5-7-20(25)27/h5-14H,4H2,1-3H3,(H,24,28)/t14-/m1/s1. The maximum atomic E-state index is 12.7. The van der Waals surface area contributed by atoms with Crippen molar-refractivity contribution in [2.45, 2.75) is 19.9 Å². The zero-order valence-corrected chi connectivity index (χ0v) is 17.0. The third-order valence-corrected chi connectivity index (χ3v) is 5.00. The summed E-state index contributed by atoms with van der Waals surface area (Å²) in [5, 5.41) is 0. The SMILES string of the molecule is CCOc1cc([C@@H](C)n2c(=O)[nH]c3cc(-n4ccccc4=O)cnc32)ccc1OC. The van der Waals surface area contributed by atoms with Crippen molar-refractivity contribution in [3.8, 4) is 17.2 Å². The molecule has 0 aliphatic heterocycles. The van der Waals surface area contributed by atoms with Crippen LogP contribution in [0, 0.1) is 0 Å². The molecule has 1 atom stereocenters. The topological polar surface area (TPSA) is 91.1 Å². The van der Waals surface area contributed by atoms with Crippen molar-refractivity contribution in [1.82, 2.24) is 19.1 Å². The number of nitrogens with one attached hydrogen (secondary N) is 1. The van der Waals surface area contributed by atoms with E-state index in [0.717, 1.165) is 5.56 Å². The molecule has 8 heteroatoms. The Bertz CT molecular complexity index is 1320. The first kappa shape index (κ1) is 19.5. The summed E-state index contributed by atoms with van der Waals surface area (Å²) >= 11 is 0. The summed E-state index contributed by atoms with van der Waals surface area (Å²) in [7, 11) is 1.59. The summed E-state index contributed by atoms with van der Waals surface area (Å²) in [5.74, 6) is 1.26. The molecule has 0 radical (unpaired) electrons. The predicted molar refractivity (Wildman–Crippen MR) is 114 cm³/mol. The molecule has 0 saturated heterocycles. The zero-order chi connectivity index (χ0) is 21.3. The maximum absolute atomic E-state index is 12.7. The van der Waals surface area contributed by atoms with Crippen molar-refractivity contribution in [2.24, 2.45) is 0 Å². The Labute approximate surface area is 172 Å². The molecule has 3 aromatic heterocycles. The zero-order valence-electron chi connectivity index (χ0n) is 17.0. The Morgan fingerprint density at radius 2 is 1.97 bits per heavy atom.